The van der Waals surface area contributed by atoms with Gasteiger partial charge in [0.05, 0.1) is 0 Å². The van der Waals surface area contributed by atoms with E-state index in [1.165, 1.54) is 11.1 Å². The van der Waals surface area contributed by atoms with Gasteiger partial charge in [0.25, 0.3) is 5.91 Å². The molecule has 0 radical (unpaired) electrons. The van der Waals surface area contributed by atoms with Crippen molar-refractivity contribution < 1.29 is 9.59 Å². The maximum absolute atomic E-state index is 12.3. The summed E-state index contributed by atoms with van der Waals surface area (Å²) < 4.78 is 0. The normalized spacial score (nSPS) is 16.8. The minimum atomic E-state index is -0.314. The summed E-state index contributed by atoms with van der Waals surface area (Å²) in [6.07, 6.45) is 1.30. The van der Waals surface area contributed by atoms with E-state index >= 15 is 0 Å². The zero-order chi connectivity index (χ0) is 17.8. The molecule has 2 amide bonds. The summed E-state index contributed by atoms with van der Waals surface area (Å²) in [5, 5.41) is 0. The fourth-order valence-corrected chi connectivity index (χ4v) is 3.17. The molecule has 1 atom stereocenters. The molecule has 1 aliphatic rings. The zero-order valence-corrected chi connectivity index (χ0v) is 14.6. The number of carbonyl (C=O) groups is 2. The van der Waals surface area contributed by atoms with Crippen LogP contribution in [0.1, 0.15) is 39.5 Å². The smallest absolute Gasteiger partial charge is 0.269 e. The summed E-state index contributed by atoms with van der Waals surface area (Å²) >= 11 is 0. The van der Waals surface area contributed by atoms with Gasteiger partial charge in [0, 0.05) is 24.6 Å². The van der Waals surface area contributed by atoms with Gasteiger partial charge in [0.2, 0.25) is 5.91 Å². The van der Waals surface area contributed by atoms with E-state index in [2.05, 4.69) is 27.9 Å². The molecule has 2 aromatic rings. The molecule has 1 heterocycles. The standard InChI is InChI=1S/C20H23N3O2/c1-14-7-9-16(10-8-14)20(25)22-21-19(24)13-18-17-6-4-3-5-15(17)11-12-23(18)2/h3-10,18H,11-13H2,1-2H3,(H,21,24)(H,22,25). The predicted octanol–water partition coefficient (Wildman–Crippen LogP) is 2.38. The van der Waals surface area contributed by atoms with Crippen molar-refractivity contribution >= 4 is 11.8 Å². The van der Waals surface area contributed by atoms with E-state index in [4.69, 9.17) is 0 Å². The highest BCUT2D eigenvalue weighted by Gasteiger charge is 2.26. The minimum absolute atomic E-state index is 0.0289. The van der Waals surface area contributed by atoms with Crippen LogP contribution in [0.3, 0.4) is 0 Å². The lowest BCUT2D eigenvalue weighted by Crippen LogP contribution is -2.44. The molecule has 2 aromatic carbocycles. The Morgan fingerprint density at radius 1 is 1.08 bits per heavy atom. The predicted molar refractivity (Wildman–Crippen MR) is 96.9 cm³/mol. The van der Waals surface area contributed by atoms with E-state index < -0.39 is 0 Å². The third kappa shape index (κ3) is 4.06. The third-order valence-electron chi connectivity index (χ3n) is 4.69. The Bertz CT molecular complexity index is 771. The van der Waals surface area contributed by atoms with Crippen molar-refractivity contribution in [3.8, 4) is 0 Å². The molecule has 0 fully saturated rings. The Morgan fingerprint density at radius 3 is 2.56 bits per heavy atom. The number of benzene rings is 2. The second kappa shape index (κ2) is 7.49. The topological polar surface area (TPSA) is 61.4 Å². The van der Waals surface area contributed by atoms with E-state index in [0.29, 0.717) is 12.0 Å². The Hall–Kier alpha value is -2.66. The summed E-state index contributed by atoms with van der Waals surface area (Å²) in [5.41, 5.74) is 9.11. The molecular weight excluding hydrogens is 314 g/mol. The number of fused-ring (bicyclic) bond motifs is 1. The highest BCUT2D eigenvalue weighted by Crippen LogP contribution is 2.30. The van der Waals surface area contributed by atoms with E-state index in [0.717, 1.165) is 18.5 Å². The zero-order valence-electron chi connectivity index (χ0n) is 14.6. The highest BCUT2D eigenvalue weighted by molar-refractivity contribution is 5.95. The van der Waals surface area contributed by atoms with Crippen LogP contribution in [0.2, 0.25) is 0 Å². The van der Waals surface area contributed by atoms with Crippen molar-refractivity contribution in [3.63, 3.8) is 0 Å². The second-order valence-electron chi connectivity index (χ2n) is 6.52. The lowest BCUT2D eigenvalue weighted by molar-refractivity contribution is -0.123. The first kappa shape index (κ1) is 17.2. The monoisotopic (exact) mass is 337 g/mol. The summed E-state index contributed by atoms with van der Waals surface area (Å²) in [5.74, 6) is -0.514. The van der Waals surface area contributed by atoms with Crippen LogP contribution < -0.4 is 10.9 Å². The number of nitrogens with one attached hydrogen (secondary N) is 2. The maximum atomic E-state index is 12.3. The van der Waals surface area contributed by atoms with Crippen molar-refractivity contribution in [1.82, 2.24) is 15.8 Å². The number of hydrogen-bond donors (Lipinski definition) is 2. The van der Waals surface area contributed by atoms with Crippen LogP contribution in [0.4, 0.5) is 0 Å². The SMILES string of the molecule is Cc1ccc(C(=O)NNC(=O)CC2c3ccccc3CCN2C)cc1. The van der Waals surface area contributed by atoms with Crippen LogP contribution in [0.25, 0.3) is 0 Å². The molecule has 5 heteroatoms. The van der Waals surface area contributed by atoms with E-state index in [1.54, 1.807) is 12.1 Å². The third-order valence-corrected chi connectivity index (χ3v) is 4.69. The molecule has 0 aromatic heterocycles. The van der Waals surface area contributed by atoms with Crippen molar-refractivity contribution in [1.29, 1.82) is 0 Å². The lowest BCUT2D eigenvalue weighted by atomic mass is 9.91. The van der Waals surface area contributed by atoms with Gasteiger partial charge in [-0.2, -0.15) is 0 Å². The van der Waals surface area contributed by atoms with E-state index in [1.807, 2.05) is 38.2 Å². The number of hydrogen-bond acceptors (Lipinski definition) is 3. The van der Waals surface area contributed by atoms with Crippen molar-refractivity contribution in [3.05, 3.63) is 70.8 Å². The molecule has 25 heavy (non-hydrogen) atoms. The highest BCUT2D eigenvalue weighted by atomic mass is 16.2. The van der Waals surface area contributed by atoms with Gasteiger partial charge in [0.15, 0.2) is 0 Å². The first-order valence-corrected chi connectivity index (χ1v) is 8.48. The largest absolute Gasteiger partial charge is 0.299 e. The Morgan fingerprint density at radius 2 is 1.80 bits per heavy atom. The van der Waals surface area contributed by atoms with Crippen LogP contribution in [0, 0.1) is 6.92 Å². The van der Waals surface area contributed by atoms with Gasteiger partial charge in [-0.05, 0) is 43.7 Å². The summed E-state index contributed by atoms with van der Waals surface area (Å²) in [6, 6.07) is 15.5. The molecule has 0 saturated carbocycles. The van der Waals surface area contributed by atoms with E-state index in [-0.39, 0.29) is 17.9 Å². The minimum Gasteiger partial charge on any atom is -0.299 e. The van der Waals surface area contributed by atoms with Gasteiger partial charge in [-0.3, -0.25) is 25.3 Å². The van der Waals surface area contributed by atoms with Gasteiger partial charge in [-0.25, -0.2) is 0 Å². The molecule has 0 spiro atoms. The molecule has 1 aliphatic heterocycles. The summed E-state index contributed by atoms with van der Waals surface area (Å²) in [7, 11) is 2.03. The first-order chi connectivity index (χ1) is 12.0. The number of nitrogens with zero attached hydrogens (tertiary/aromatic N) is 1. The Kier molecular flexibility index (Phi) is 5.14. The Labute approximate surface area is 148 Å². The molecule has 130 valence electrons. The molecule has 0 saturated heterocycles. The number of carbonyl (C=O) groups excluding carboxylic acids is 2. The van der Waals surface area contributed by atoms with Crippen molar-refractivity contribution in [2.24, 2.45) is 0 Å². The van der Waals surface area contributed by atoms with Gasteiger partial charge in [0.1, 0.15) is 0 Å². The van der Waals surface area contributed by atoms with Gasteiger partial charge in [-0.15, -0.1) is 0 Å². The van der Waals surface area contributed by atoms with Crippen LogP contribution in [0.15, 0.2) is 48.5 Å². The fourth-order valence-electron chi connectivity index (χ4n) is 3.17. The lowest BCUT2D eigenvalue weighted by Gasteiger charge is -2.34. The van der Waals surface area contributed by atoms with Crippen LogP contribution in [0.5, 0.6) is 0 Å². The molecule has 5 nitrogen and oxygen atoms in total. The molecule has 1 unspecified atom stereocenters. The Balaban J connectivity index is 1.59. The van der Waals surface area contributed by atoms with Gasteiger partial charge in [-0.1, -0.05) is 42.0 Å². The fraction of sp³-hybridized carbons (Fsp3) is 0.300. The number of rotatable bonds is 3. The van der Waals surface area contributed by atoms with Crippen molar-refractivity contribution in [2.75, 3.05) is 13.6 Å². The second-order valence-corrected chi connectivity index (χ2v) is 6.52. The first-order valence-electron chi connectivity index (χ1n) is 8.48. The molecular formula is C20H23N3O2. The molecule has 3 rings (SSSR count). The van der Waals surface area contributed by atoms with Crippen LogP contribution in [-0.4, -0.2) is 30.3 Å². The maximum Gasteiger partial charge on any atom is 0.269 e. The van der Waals surface area contributed by atoms with Gasteiger partial charge >= 0.3 is 0 Å². The average Bonchev–Trinajstić information content (AvgIpc) is 2.63. The van der Waals surface area contributed by atoms with Gasteiger partial charge < -0.3 is 0 Å². The van der Waals surface area contributed by atoms with E-state index in [9.17, 15) is 9.59 Å². The summed E-state index contributed by atoms with van der Waals surface area (Å²) in [6.45, 7) is 2.88. The quantitative estimate of drug-likeness (QED) is 0.846. The van der Waals surface area contributed by atoms with Crippen LogP contribution in [-0.2, 0) is 11.2 Å². The molecule has 0 bridgehead atoms. The number of likely N-dealkylation sites (N-methyl/N-ethyl adjacent to an activating group) is 1. The number of aryl methyl sites for hydroxylation is 1. The average molecular weight is 337 g/mol. The number of hydrazine groups is 1. The molecule has 2 N–H and O–H groups in total. The summed E-state index contributed by atoms with van der Waals surface area (Å²) in [4.78, 5) is 26.6. The number of amides is 2. The molecule has 0 aliphatic carbocycles. The van der Waals surface area contributed by atoms with Crippen molar-refractivity contribution in [2.45, 2.75) is 25.8 Å². The van der Waals surface area contributed by atoms with Crippen LogP contribution >= 0.6 is 0 Å².